The van der Waals surface area contributed by atoms with Gasteiger partial charge in [0.1, 0.15) is 5.65 Å². The summed E-state index contributed by atoms with van der Waals surface area (Å²) in [4.78, 5) is 25.3. The summed E-state index contributed by atoms with van der Waals surface area (Å²) in [6.07, 6.45) is 7.44. The van der Waals surface area contributed by atoms with Crippen LogP contribution in [0.3, 0.4) is 0 Å². The highest BCUT2D eigenvalue weighted by molar-refractivity contribution is 7.92. The van der Waals surface area contributed by atoms with Crippen molar-refractivity contribution in [3.63, 3.8) is 0 Å². The fourth-order valence-electron chi connectivity index (χ4n) is 5.08. The van der Waals surface area contributed by atoms with Gasteiger partial charge in [0.05, 0.1) is 25.0 Å². The van der Waals surface area contributed by atoms with E-state index in [1.54, 1.807) is 19.3 Å². The van der Waals surface area contributed by atoms with Crippen LogP contribution in [0.4, 0.5) is 23.0 Å². The van der Waals surface area contributed by atoms with Gasteiger partial charge in [0.2, 0.25) is 21.9 Å². The third kappa shape index (κ3) is 4.92. The zero-order valence-electron chi connectivity index (χ0n) is 21.8. The van der Waals surface area contributed by atoms with Crippen molar-refractivity contribution in [2.45, 2.75) is 13.0 Å². The molecule has 39 heavy (non-hydrogen) atoms. The first-order valence-corrected chi connectivity index (χ1v) is 14.6. The fourth-order valence-corrected chi connectivity index (χ4v) is 5.61. The van der Waals surface area contributed by atoms with E-state index < -0.39 is 10.0 Å². The first kappa shape index (κ1) is 24.9. The zero-order valence-corrected chi connectivity index (χ0v) is 22.6. The molecule has 0 saturated carbocycles. The normalized spacial score (nSPS) is 15.4. The van der Waals surface area contributed by atoms with Crippen LogP contribution in [-0.2, 0) is 21.4 Å². The summed E-state index contributed by atoms with van der Waals surface area (Å²) >= 11 is 0. The second-order valence-corrected chi connectivity index (χ2v) is 11.8. The molecule has 2 aromatic carbocycles. The van der Waals surface area contributed by atoms with Gasteiger partial charge in [-0.25, -0.2) is 13.4 Å². The minimum Gasteiger partial charge on any atom is -0.364 e. The predicted molar refractivity (Wildman–Crippen MR) is 153 cm³/mol. The number of fused-ring (bicyclic) bond motifs is 2. The molecule has 11 heteroatoms. The maximum absolute atomic E-state index is 12.2. The van der Waals surface area contributed by atoms with E-state index in [1.807, 2.05) is 58.1 Å². The summed E-state index contributed by atoms with van der Waals surface area (Å²) in [7, 11) is -1.83. The first-order valence-electron chi connectivity index (χ1n) is 12.7. The van der Waals surface area contributed by atoms with Crippen LogP contribution in [0.5, 0.6) is 0 Å². The number of rotatable bonds is 7. The highest BCUT2D eigenvalue weighted by Crippen LogP contribution is 2.28. The van der Waals surface area contributed by atoms with Crippen molar-refractivity contribution in [2.75, 3.05) is 47.5 Å². The number of nitrogens with zero attached hydrogens (tertiary/aromatic N) is 6. The average Bonchev–Trinajstić information content (AvgIpc) is 3.51. The quantitative estimate of drug-likeness (QED) is 0.380. The van der Waals surface area contributed by atoms with Crippen molar-refractivity contribution >= 4 is 50.0 Å². The Hall–Kier alpha value is -4.38. The van der Waals surface area contributed by atoms with Gasteiger partial charge in [-0.1, -0.05) is 24.3 Å². The highest BCUT2D eigenvalue weighted by atomic mass is 32.2. The molecule has 4 aromatic rings. The number of aromatic nitrogens is 3. The molecule has 200 valence electrons. The maximum atomic E-state index is 12.2. The van der Waals surface area contributed by atoms with Crippen molar-refractivity contribution < 1.29 is 13.2 Å². The maximum Gasteiger partial charge on any atom is 0.232 e. The van der Waals surface area contributed by atoms with Crippen molar-refractivity contribution in [1.29, 1.82) is 0 Å². The molecule has 1 amide bonds. The average molecular weight is 544 g/mol. The standard InChI is InChI=1S/C28H29N7O3S/c1-32(39(2,37)38)25-6-4-3-5-21(25)18-34-14-13-20-17-29-28(31-27(20)34)30-22-7-9-23(10-8-22)33-15-16-35-24(19-33)11-12-26(35)36/h3-11,13-14,17H,12,15-16,18-19H2,1-2H3,(H,29,30,31). The number of carbonyl (C=O) groups is 1. The molecule has 10 nitrogen and oxygen atoms in total. The van der Waals surface area contributed by atoms with Gasteiger partial charge in [0.15, 0.2) is 0 Å². The Morgan fingerprint density at radius 3 is 2.64 bits per heavy atom. The van der Waals surface area contributed by atoms with Crippen LogP contribution in [0.15, 0.2) is 78.8 Å². The van der Waals surface area contributed by atoms with Crippen LogP contribution in [0.2, 0.25) is 0 Å². The lowest BCUT2D eigenvalue weighted by molar-refractivity contribution is -0.127. The van der Waals surface area contributed by atoms with Crippen LogP contribution in [0, 0.1) is 0 Å². The van der Waals surface area contributed by atoms with E-state index in [0.29, 0.717) is 31.1 Å². The Morgan fingerprint density at radius 1 is 1.05 bits per heavy atom. The van der Waals surface area contributed by atoms with Crippen LogP contribution in [0.1, 0.15) is 12.0 Å². The number of nitrogens with one attached hydrogen (secondary N) is 1. The molecule has 2 aromatic heterocycles. The van der Waals surface area contributed by atoms with Crippen LogP contribution < -0.4 is 14.5 Å². The number of para-hydroxylation sites is 1. The SMILES string of the molecule is CN(c1ccccc1Cn1ccc2cnc(Nc3ccc(N4CCN5C(=O)CC=C5C4)cc3)nc21)S(C)(=O)=O. The van der Waals surface area contributed by atoms with E-state index >= 15 is 0 Å². The molecule has 0 radical (unpaired) electrons. The topological polar surface area (TPSA) is 104 Å². The molecule has 0 spiro atoms. The summed E-state index contributed by atoms with van der Waals surface area (Å²) in [6, 6.07) is 17.5. The number of hydrogen-bond donors (Lipinski definition) is 1. The summed E-state index contributed by atoms with van der Waals surface area (Å²) in [5.74, 6) is 0.665. The number of anilines is 4. The van der Waals surface area contributed by atoms with Crippen molar-refractivity contribution in [3.05, 3.63) is 84.3 Å². The minimum absolute atomic E-state index is 0.192. The third-order valence-electron chi connectivity index (χ3n) is 7.27. The second-order valence-electron chi connectivity index (χ2n) is 9.81. The fraction of sp³-hybridized carbons (Fsp3) is 0.250. The van der Waals surface area contributed by atoms with Gasteiger partial charge in [-0.2, -0.15) is 4.98 Å². The van der Waals surface area contributed by atoms with E-state index in [-0.39, 0.29) is 5.91 Å². The van der Waals surface area contributed by atoms with Crippen molar-refractivity contribution in [2.24, 2.45) is 0 Å². The third-order valence-corrected chi connectivity index (χ3v) is 8.46. The van der Waals surface area contributed by atoms with E-state index in [0.717, 1.165) is 46.8 Å². The monoisotopic (exact) mass is 543 g/mol. The Kier molecular flexibility index (Phi) is 6.22. The largest absolute Gasteiger partial charge is 0.364 e. The molecule has 0 unspecified atom stereocenters. The minimum atomic E-state index is -3.39. The van der Waals surface area contributed by atoms with Crippen molar-refractivity contribution in [1.82, 2.24) is 19.4 Å². The Balaban J connectivity index is 1.19. The van der Waals surface area contributed by atoms with Gasteiger partial charge in [-0.15, -0.1) is 0 Å². The van der Waals surface area contributed by atoms with Crippen LogP contribution in [-0.4, -0.2) is 66.7 Å². The molecule has 2 aliphatic rings. The van der Waals surface area contributed by atoms with Gasteiger partial charge < -0.3 is 19.7 Å². The summed E-state index contributed by atoms with van der Waals surface area (Å²) in [6.45, 7) is 2.71. The Morgan fingerprint density at radius 2 is 1.85 bits per heavy atom. The number of benzene rings is 2. The molecule has 1 N–H and O–H groups in total. The summed E-state index contributed by atoms with van der Waals surface area (Å²) in [5, 5.41) is 4.19. The van der Waals surface area contributed by atoms with Gasteiger partial charge in [-0.05, 0) is 42.0 Å². The molecule has 1 fully saturated rings. The number of sulfonamides is 1. The van der Waals surface area contributed by atoms with Gasteiger partial charge >= 0.3 is 0 Å². The number of amides is 1. The molecule has 6 rings (SSSR count). The molecule has 0 atom stereocenters. The molecule has 0 aliphatic carbocycles. The lowest BCUT2D eigenvalue weighted by Gasteiger charge is -2.35. The zero-order chi connectivity index (χ0) is 27.1. The van der Waals surface area contributed by atoms with E-state index in [2.05, 4.69) is 27.3 Å². The van der Waals surface area contributed by atoms with Crippen LogP contribution in [0.25, 0.3) is 11.0 Å². The number of hydrogen-bond acceptors (Lipinski definition) is 7. The molecule has 1 saturated heterocycles. The lowest BCUT2D eigenvalue weighted by atomic mass is 10.2. The molecular formula is C28H29N7O3S. The number of carbonyl (C=O) groups excluding carboxylic acids is 1. The van der Waals surface area contributed by atoms with Crippen molar-refractivity contribution in [3.8, 4) is 0 Å². The Bertz CT molecular complexity index is 1700. The van der Waals surface area contributed by atoms with Crippen LogP contribution >= 0.6 is 0 Å². The number of piperazine rings is 1. The molecule has 4 heterocycles. The van der Waals surface area contributed by atoms with E-state index in [9.17, 15) is 13.2 Å². The van der Waals surface area contributed by atoms with E-state index in [4.69, 9.17) is 4.98 Å². The molecule has 0 bridgehead atoms. The van der Waals surface area contributed by atoms with Gasteiger partial charge in [0, 0.05) is 61.4 Å². The second kappa shape index (κ2) is 9.73. The van der Waals surface area contributed by atoms with Gasteiger partial charge in [-0.3, -0.25) is 9.10 Å². The first-order chi connectivity index (χ1) is 18.8. The highest BCUT2D eigenvalue weighted by Gasteiger charge is 2.29. The summed E-state index contributed by atoms with van der Waals surface area (Å²) < 4.78 is 27.6. The predicted octanol–water partition coefficient (Wildman–Crippen LogP) is 3.56. The smallest absolute Gasteiger partial charge is 0.232 e. The Labute approximate surface area is 227 Å². The van der Waals surface area contributed by atoms with Gasteiger partial charge in [0.25, 0.3) is 0 Å². The molecule has 2 aliphatic heterocycles. The molecular weight excluding hydrogens is 514 g/mol. The van der Waals surface area contributed by atoms with E-state index in [1.165, 1.54) is 10.6 Å². The summed E-state index contributed by atoms with van der Waals surface area (Å²) in [5.41, 5.74) is 5.30. The lowest BCUT2D eigenvalue weighted by Crippen LogP contribution is -2.44.